The van der Waals surface area contributed by atoms with E-state index in [0.29, 0.717) is 12.1 Å². The van der Waals surface area contributed by atoms with Gasteiger partial charge in [0.05, 0.1) is 18.7 Å². The number of rotatable bonds is 4. The number of methoxy groups -OCH3 is 1. The highest BCUT2D eigenvalue weighted by Crippen LogP contribution is 2.31. The predicted octanol–water partition coefficient (Wildman–Crippen LogP) is 2.74. The number of nitrogens with zero attached hydrogens (tertiary/aromatic N) is 1. The summed E-state index contributed by atoms with van der Waals surface area (Å²) in [6, 6.07) is 15.7. The molecule has 0 amide bonds. The molecule has 0 aliphatic carbocycles. The van der Waals surface area contributed by atoms with Crippen LogP contribution >= 0.6 is 0 Å². The smallest absolute Gasteiger partial charge is 0.126 e. The molecule has 0 aliphatic heterocycles. The van der Waals surface area contributed by atoms with Crippen LogP contribution in [0.2, 0.25) is 0 Å². The average molecular weight is 252 g/mol. The van der Waals surface area contributed by atoms with Gasteiger partial charge < -0.3 is 10.5 Å². The Labute approximate surface area is 113 Å². The molecule has 2 rings (SSSR count). The molecule has 0 unspecified atom stereocenters. The lowest BCUT2D eigenvalue weighted by Gasteiger charge is -2.11. The van der Waals surface area contributed by atoms with Crippen molar-refractivity contribution in [2.24, 2.45) is 5.73 Å². The lowest BCUT2D eigenvalue weighted by molar-refractivity contribution is 0.416. The van der Waals surface area contributed by atoms with Crippen molar-refractivity contribution in [2.75, 3.05) is 13.7 Å². The van der Waals surface area contributed by atoms with Gasteiger partial charge in [0.15, 0.2) is 0 Å². The van der Waals surface area contributed by atoms with Crippen LogP contribution in [0, 0.1) is 11.3 Å². The molecule has 2 N–H and O–H groups in total. The van der Waals surface area contributed by atoms with Gasteiger partial charge in [-0.3, -0.25) is 0 Å². The van der Waals surface area contributed by atoms with Gasteiger partial charge in [0.25, 0.3) is 0 Å². The van der Waals surface area contributed by atoms with Crippen molar-refractivity contribution in [1.82, 2.24) is 0 Å². The maximum atomic E-state index is 8.98. The molecule has 2 aromatic rings. The van der Waals surface area contributed by atoms with Crippen LogP contribution in [0.3, 0.4) is 0 Å². The summed E-state index contributed by atoms with van der Waals surface area (Å²) in [6.45, 7) is 0.615. The second kappa shape index (κ2) is 6.03. The Morgan fingerprint density at radius 3 is 2.74 bits per heavy atom. The van der Waals surface area contributed by atoms with Crippen LogP contribution in [0.25, 0.3) is 11.1 Å². The monoisotopic (exact) mass is 252 g/mol. The van der Waals surface area contributed by atoms with E-state index >= 15 is 0 Å². The first-order chi connectivity index (χ1) is 9.28. The molecular formula is C16H16N2O. The summed E-state index contributed by atoms with van der Waals surface area (Å²) in [6.07, 6.45) is 0.828. The zero-order valence-electron chi connectivity index (χ0n) is 10.9. The van der Waals surface area contributed by atoms with Crippen LogP contribution in [0.15, 0.2) is 42.5 Å². The quantitative estimate of drug-likeness (QED) is 0.910. The van der Waals surface area contributed by atoms with E-state index in [9.17, 15) is 0 Å². The van der Waals surface area contributed by atoms with Gasteiger partial charge in [0.1, 0.15) is 5.75 Å². The van der Waals surface area contributed by atoms with Gasteiger partial charge in [-0.2, -0.15) is 5.26 Å². The molecule has 2 aromatic carbocycles. The Morgan fingerprint density at radius 2 is 2.05 bits per heavy atom. The molecule has 3 nitrogen and oxygen atoms in total. The first-order valence-corrected chi connectivity index (χ1v) is 6.16. The SMILES string of the molecule is COc1ccc(CCN)cc1-c1cccc(C#N)c1. The van der Waals surface area contributed by atoms with Crippen molar-refractivity contribution in [1.29, 1.82) is 5.26 Å². The van der Waals surface area contributed by atoms with Gasteiger partial charge >= 0.3 is 0 Å². The van der Waals surface area contributed by atoms with Crippen LogP contribution < -0.4 is 10.5 Å². The normalized spacial score (nSPS) is 9.95. The molecular weight excluding hydrogens is 236 g/mol. The van der Waals surface area contributed by atoms with E-state index in [1.54, 1.807) is 13.2 Å². The highest BCUT2D eigenvalue weighted by Gasteiger charge is 2.07. The summed E-state index contributed by atoms with van der Waals surface area (Å²) < 4.78 is 5.39. The van der Waals surface area contributed by atoms with E-state index in [0.717, 1.165) is 23.3 Å². The van der Waals surface area contributed by atoms with Crippen molar-refractivity contribution in [3.8, 4) is 22.9 Å². The topological polar surface area (TPSA) is 59.0 Å². The maximum absolute atomic E-state index is 8.98. The third-order valence-corrected chi connectivity index (χ3v) is 3.00. The fourth-order valence-electron chi connectivity index (χ4n) is 2.06. The van der Waals surface area contributed by atoms with Gasteiger partial charge in [-0.25, -0.2) is 0 Å². The Bertz CT molecular complexity index is 614. The summed E-state index contributed by atoms with van der Waals surface area (Å²) >= 11 is 0. The molecule has 0 saturated carbocycles. The van der Waals surface area contributed by atoms with Crippen molar-refractivity contribution < 1.29 is 4.74 Å². The van der Waals surface area contributed by atoms with E-state index in [-0.39, 0.29) is 0 Å². The van der Waals surface area contributed by atoms with Crippen molar-refractivity contribution in [3.05, 3.63) is 53.6 Å². The third-order valence-electron chi connectivity index (χ3n) is 3.00. The molecule has 0 fully saturated rings. The highest BCUT2D eigenvalue weighted by atomic mass is 16.5. The molecule has 0 heterocycles. The fraction of sp³-hybridized carbons (Fsp3) is 0.188. The summed E-state index contributed by atoms with van der Waals surface area (Å²) in [5.41, 5.74) is 9.37. The average Bonchev–Trinajstić information content (AvgIpc) is 2.47. The largest absolute Gasteiger partial charge is 0.496 e. The number of nitrogens with two attached hydrogens (primary N) is 1. The van der Waals surface area contributed by atoms with E-state index in [1.807, 2.05) is 30.3 Å². The first kappa shape index (κ1) is 13.1. The molecule has 0 atom stereocenters. The second-order valence-corrected chi connectivity index (χ2v) is 4.27. The third kappa shape index (κ3) is 2.93. The van der Waals surface area contributed by atoms with Gasteiger partial charge in [0, 0.05) is 5.56 Å². The van der Waals surface area contributed by atoms with Gasteiger partial charge in [-0.1, -0.05) is 18.2 Å². The van der Waals surface area contributed by atoms with Crippen molar-refractivity contribution in [3.63, 3.8) is 0 Å². The number of ether oxygens (including phenoxy) is 1. The van der Waals surface area contributed by atoms with Gasteiger partial charge in [0.2, 0.25) is 0 Å². The Balaban J connectivity index is 2.52. The molecule has 0 saturated heterocycles. The lowest BCUT2D eigenvalue weighted by atomic mass is 9.99. The van der Waals surface area contributed by atoms with Crippen molar-refractivity contribution in [2.45, 2.75) is 6.42 Å². The zero-order valence-corrected chi connectivity index (χ0v) is 10.9. The molecule has 0 radical (unpaired) electrons. The molecule has 96 valence electrons. The fourth-order valence-corrected chi connectivity index (χ4v) is 2.06. The zero-order chi connectivity index (χ0) is 13.7. The number of hydrogen-bond acceptors (Lipinski definition) is 3. The highest BCUT2D eigenvalue weighted by molar-refractivity contribution is 5.72. The van der Waals surface area contributed by atoms with E-state index in [1.165, 1.54) is 5.56 Å². The predicted molar refractivity (Wildman–Crippen MR) is 75.9 cm³/mol. The molecule has 3 heteroatoms. The lowest BCUT2D eigenvalue weighted by Crippen LogP contribution is -2.03. The standard InChI is InChI=1S/C16H16N2O/c1-19-16-6-5-12(7-8-17)10-15(16)14-4-2-3-13(9-14)11-18/h2-6,9-10H,7-8,17H2,1H3. The van der Waals surface area contributed by atoms with Crippen molar-refractivity contribution >= 4 is 0 Å². The van der Waals surface area contributed by atoms with E-state index in [4.69, 9.17) is 15.7 Å². The minimum atomic E-state index is 0.615. The summed E-state index contributed by atoms with van der Waals surface area (Å²) in [7, 11) is 1.65. The Kier molecular flexibility index (Phi) is 4.17. The van der Waals surface area contributed by atoms with Crippen LogP contribution in [0.4, 0.5) is 0 Å². The summed E-state index contributed by atoms with van der Waals surface area (Å²) in [5, 5.41) is 8.98. The van der Waals surface area contributed by atoms with Gasteiger partial charge in [-0.05, 0) is 48.4 Å². The second-order valence-electron chi connectivity index (χ2n) is 4.27. The molecule has 0 spiro atoms. The summed E-state index contributed by atoms with van der Waals surface area (Å²) in [4.78, 5) is 0. The maximum Gasteiger partial charge on any atom is 0.126 e. The van der Waals surface area contributed by atoms with E-state index < -0.39 is 0 Å². The Hall–Kier alpha value is -2.31. The summed E-state index contributed by atoms with van der Waals surface area (Å²) in [5.74, 6) is 0.802. The minimum Gasteiger partial charge on any atom is -0.496 e. The number of benzene rings is 2. The first-order valence-electron chi connectivity index (χ1n) is 6.16. The van der Waals surface area contributed by atoms with E-state index in [2.05, 4.69) is 12.1 Å². The van der Waals surface area contributed by atoms with Crippen LogP contribution in [-0.2, 0) is 6.42 Å². The molecule has 0 aliphatic rings. The molecule has 0 bridgehead atoms. The molecule has 19 heavy (non-hydrogen) atoms. The van der Waals surface area contributed by atoms with Crippen LogP contribution in [0.5, 0.6) is 5.75 Å². The number of hydrogen-bond donors (Lipinski definition) is 1. The minimum absolute atomic E-state index is 0.615. The van der Waals surface area contributed by atoms with Crippen LogP contribution in [-0.4, -0.2) is 13.7 Å². The molecule has 0 aromatic heterocycles. The van der Waals surface area contributed by atoms with Crippen LogP contribution in [0.1, 0.15) is 11.1 Å². The van der Waals surface area contributed by atoms with Gasteiger partial charge in [-0.15, -0.1) is 0 Å². The Morgan fingerprint density at radius 1 is 1.21 bits per heavy atom. The number of nitriles is 1.